The molecule has 2 heterocycles. The topological polar surface area (TPSA) is 88.5 Å². The number of aromatic amines is 1. The number of nitrogens with zero attached hydrogens (tertiary/aromatic N) is 4. The zero-order valence-corrected chi connectivity index (χ0v) is 17.3. The van der Waals surface area contributed by atoms with Gasteiger partial charge in [-0.1, -0.05) is 40.9 Å². The summed E-state index contributed by atoms with van der Waals surface area (Å²) in [5.74, 6) is -0.900. The number of benzene rings is 2. The molecule has 0 saturated carbocycles. The zero-order valence-electron chi connectivity index (χ0n) is 15.0. The molecule has 4 aromatic rings. The summed E-state index contributed by atoms with van der Waals surface area (Å²) in [6.45, 7) is 0.0671. The third kappa shape index (κ3) is 4.30. The molecule has 11 heteroatoms. The Morgan fingerprint density at radius 2 is 1.97 bits per heavy atom. The number of nitrogens with one attached hydrogen (secondary N) is 2. The normalized spacial score (nSPS) is 10.9. The van der Waals surface area contributed by atoms with Crippen LogP contribution in [0, 0.1) is 5.82 Å². The Hall–Kier alpha value is -2.94. The lowest BCUT2D eigenvalue weighted by molar-refractivity contribution is 0.102. The summed E-state index contributed by atoms with van der Waals surface area (Å²) in [5, 5.41) is 14.6. The van der Waals surface area contributed by atoms with Crippen molar-refractivity contribution in [3.05, 3.63) is 80.9 Å². The van der Waals surface area contributed by atoms with E-state index in [9.17, 15) is 9.18 Å². The van der Waals surface area contributed by atoms with Gasteiger partial charge in [0.1, 0.15) is 17.8 Å². The number of amides is 1. The summed E-state index contributed by atoms with van der Waals surface area (Å²) >= 11 is 18.1. The minimum absolute atomic E-state index is 0.0492. The second kappa shape index (κ2) is 8.43. The van der Waals surface area contributed by atoms with E-state index in [1.165, 1.54) is 23.1 Å². The van der Waals surface area contributed by atoms with Gasteiger partial charge in [0, 0.05) is 21.2 Å². The van der Waals surface area contributed by atoms with Gasteiger partial charge in [0.2, 0.25) is 5.95 Å². The molecule has 0 atom stereocenters. The lowest BCUT2D eigenvalue weighted by Gasteiger charge is -2.05. The average molecular weight is 466 g/mol. The molecule has 1 amide bonds. The first-order chi connectivity index (χ1) is 14.4. The van der Waals surface area contributed by atoms with Crippen molar-refractivity contribution in [3.8, 4) is 11.3 Å². The maximum Gasteiger partial charge on any atom is 0.276 e. The molecule has 0 aliphatic carbocycles. The van der Waals surface area contributed by atoms with Gasteiger partial charge in [-0.25, -0.2) is 14.1 Å². The molecule has 2 aromatic carbocycles. The van der Waals surface area contributed by atoms with Crippen LogP contribution in [0.3, 0.4) is 0 Å². The molecule has 2 N–H and O–H groups in total. The van der Waals surface area contributed by atoms with Crippen LogP contribution in [0.15, 0.2) is 48.8 Å². The minimum Gasteiger partial charge on any atom is -0.288 e. The Morgan fingerprint density at radius 3 is 2.73 bits per heavy atom. The standard InChI is InChI=1S/C19H12Cl3FN6O/c20-10-4-5-11(14(22)6-10)16-7-17(27-26-16)18(30)25-19-24-9-29(28-19)8-12-13(21)2-1-3-15(12)23/h1-7,9H,8H2,(H,26,27)(H,25,28,30). The monoisotopic (exact) mass is 464 g/mol. The molecule has 7 nitrogen and oxygen atoms in total. The molecular weight excluding hydrogens is 454 g/mol. The quantitative estimate of drug-likeness (QED) is 0.431. The van der Waals surface area contributed by atoms with Crippen molar-refractivity contribution in [2.45, 2.75) is 6.54 Å². The highest BCUT2D eigenvalue weighted by molar-refractivity contribution is 6.36. The van der Waals surface area contributed by atoms with Crippen LogP contribution in [0.25, 0.3) is 11.3 Å². The fourth-order valence-corrected chi connectivity index (χ4v) is 3.44. The maximum absolute atomic E-state index is 13.9. The number of anilines is 1. The van der Waals surface area contributed by atoms with E-state index in [1.54, 1.807) is 30.3 Å². The van der Waals surface area contributed by atoms with Gasteiger partial charge in [-0.3, -0.25) is 15.2 Å². The molecule has 0 unspecified atom stereocenters. The smallest absolute Gasteiger partial charge is 0.276 e. The highest BCUT2D eigenvalue weighted by atomic mass is 35.5. The van der Waals surface area contributed by atoms with E-state index in [4.69, 9.17) is 34.8 Å². The SMILES string of the molecule is O=C(Nc1ncn(Cc2c(F)cccc2Cl)n1)c1cc(-c2ccc(Cl)cc2Cl)n[nH]1. The van der Waals surface area contributed by atoms with Crippen LogP contribution in [0.5, 0.6) is 0 Å². The molecule has 4 rings (SSSR count). The van der Waals surface area contributed by atoms with Crippen molar-refractivity contribution >= 4 is 46.7 Å². The number of rotatable bonds is 5. The predicted molar refractivity (Wildman–Crippen MR) is 113 cm³/mol. The highest BCUT2D eigenvalue weighted by Crippen LogP contribution is 2.29. The second-order valence-electron chi connectivity index (χ2n) is 6.21. The molecule has 0 aliphatic heterocycles. The van der Waals surface area contributed by atoms with Gasteiger partial charge in [-0.15, -0.1) is 5.10 Å². The number of carbonyl (C=O) groups is 1. The zero-order chi connectivity index (χ0) is 21.3. The van der Waals surface area contributed by atoms with E-state index >= 15 is 0 Å². The lowest BCUT2D eigenvalue weighted by Crippen LogP contribution is -2.14. The van der Waals surface area contributed by atoms with Crippen molar-refractivity contribution < 1.29 is 9.18 Å². The van der Waals surface area contributed by atoms with Gasteiger partial charge < -0.3 is 0 Å². The molecule has 2 aromatic heterocycles. The molecule has 30 heavy (non-hydrogen) atoms. The van der Waals surface area contributed by atoms with Gasteiger partial charge in [0.05, 0.1) is 17.3 Å². The van der Waals surface area contributed by atoms with E-state index in [1.807, 2.05) is 0 Å². The van der Waals surface area contributed by atoms with Crippen molar-refractivity contribution in [1.82, 2.24) is 25.0 Å². The number of aromatic nitrogens is 5. The van der Waals surface area contributed by atoms with Crippen molar-refractivity contribution in [3.63, 3.8) is 0 Å². The van der Waals surface area contributed by atoms with Crippen molar-refractivity contribution in [1.29, 1.82) is 0 Å². The first kappa shape index (κ1) is 20.3. The number of H-pyrrole nitrogens is 1. The molecule has 0 saturated heterocycles. The van der Waals surface area contributed by atoms with E-state index in [0.29, 0.717) is 21.3 Å². The van der Waals surface area contributed by atoms with Gasteiger partial charge in [0.15, 0.2) is 0 Å². The van der Waals surface area contributed by atoms with Crippen molar-refractivity contribution in [2.24, 2.45) is 0 Å². The number of hydrogen-bond acceptors (Lipinski definition) is 4. The fraction of sp³-hybridized carbons (Fsp3) is 0.0526. The van der Waals surface area contributed by atoms with Gasteiger partial charge in [-0.2, -0.15) is 5.10 Å². The van der Waals surface area contributed by atoms with E-state index in [2.05, 4.69) is 25.6 Å². The molecule has 0 bridgehead atoms. The Balaban J connectivity index is 1.47. The van der Waals surface area contributed by atoms with E-state index < -0.39 is 11.7 Å². The summed E-state index contributed by atoms with van der Waals surface area (Å²) in [6.07, 6.45) is 1.37. The van der Waals surface area contributed by atoms with Crippen LogP contribution in [0.2, 0.25) is 15.1 Å². The highest BCUT2D eigenvalue weighted by Gasteiger charge is 2.15. The maximum atomic E-state index is 13.9. The van der Waals surface area contributed by atoms with Gasteiger partial charge in [-0.05, 0) is 36.4 Å². The Kier molecular flexibility index (Phi) is 5.72. The Bertz CT molecular complexity index is 1220. The Morgan fingerprint density at radius 1 is 1.13 bits per heavy atom. The first-order valence-electron chi connectivity index (χ1n) is 8.55. The summed E-state index contributed by atoms with van der Waals surface area (Å²) in [5.41, 5.74) is 1.57. The third-order valence-corrected chi connectivity index (χ3v) is 5.08. The summed E-state index contributed by atoms with van der Waals surface area (Å²) < 4.78 is 15.3. The number of hydrogen-bond donors (Lipinski definition) is 2. The lowest BCUT2D eigenvalue weighted by atomic mass is 10.1. The van der Waals surface area contributed by atoms with E-state index in [-0.39, 0.29) is 28.8 Å². The van der Waals surface area contributed by atoms with Gasteiger partial charge in [0.25, 0.3) is 5.91 Å². The van der Waals surface area contributed by atoms with Gasteiger partial charge >= 0.3 is 0 Å². The average Bonchev–Trinajstić information content (AvgIpc) is 3.35. The number of halogens is 4. The predicted octanol–water partition coefficient (Wildman–Crippen LogP) is 5.07. The third-order valence-electron chi connectivity index (χ3n) is 4.17. The van der Waals surface area contributed by atoms with Crippen LogP contribution < -0.4 is 5.32 Å². The van der Waals surface area contributed by atoms with Crippen LogP contribution in [0.1, 0.15) is 16.1 Å². The molecule has 0 fully saturated rings. The molecule has 152 valence electrons. The van der Waals surface area contributed by atoms with Crippen LogP contribution in [-0.4, -0.2) is 30.9 Å². The largest absolute Gasteiger partial charge is 0.288 e. The molecular formula is C19H12Cl3FN6O. The number of carbonyl (C=O) groups excluding carboxylic acids is 1. The first-order valence-corrected chi connectivity index (χ1v) is 9.68. The molecule has 0 aliphatic rings. The minimum atomic E-state index is -0.500. The van der Waals surface area contributed by atoms with Crippen LogP contribution in [-0.2, 0) is 6.54 Å². The summed E-state index contributed by atoms with van der Waals surface area (Å²) in [7, 11) is 0. The van der Waals surface area contributed by atoms with Crippen LogP contribution in [0.4, 0.5) is 10.3 Å². The summed E-state index contributed by atoms with van der Waals surface area (Å²) in [6, 6.07) is 10.9. The van der Waals surface area contributed by atoms with E-state index in [0.717, 1.165) is 0 Å². The second-order valence-corrected chi connectivity index (χ2v) is 7.46. The van der Waals surface area contributed by atoms with Crippen LogP contribution >= 0.6 is 34.8 Å². The Labute approximate surface area is 184 Å². The molecule has 0 radical (unpaired) electrons. The molecule has 0 spiro atoms. The fourth-order valence-electron chi connectivity index (χ4n) is 2.72. The summed E-state index contributed by atoms with van der Waals surface area (Å²) in [4.78, 5) is 16.5. The van der Waals surface area contributed by atoms with Crippen molar-refractivity contribution in [2.75, 3.05) is 5.32 Å².